The van der Waals surface area contributed by atoms with E-state index >= 15 is 0 Å². The smallest absolute Gasteiger partial charge is 0.157 e. The number of rotatable bonds is 1. The molecule has 68 valence electrons. The molecule has 0 aromatic rings. The average molecular weight is 294 g/mol. The maximum atomic E-state index is 3.77. The lowest BCUT2D eigenvalue weighted by Crippen LogP contribution is -2.32. The summed E-state index contributed by atoms with van der Waals surface area (Å²) in [7, 11) is 0. The molecule has 0 nitrogen and oxygen atoms in total. The summed E-state index contributed by atoms with van der Waals surface area (Å²) in [6.07, 6.45) is 7.33. The van der Waals surface area contributed by atoms with Gasteiger partial charge in [0.2, 0.25) is 5.54 Å². The lowest BCUT2D eigenvalue weighted by molar-refractivity contribution is 0.224. The van der Waals surface area contributed by atoms with Crippen LogP contribution in [0, 0.1) is 17.8 Å². The molecule has 1 saturated carbocycles. The van der Waals surface area contributed by atoms with Gasteiger partial charge in [0.25, 0.3) is 0 Å². The van der Waals surface area contributed by atoms with Crippen LogP contribution in [-0.4, -0.2) is 10.9 Å². The van der Waals surface area contributed by atoms with Gasteiger partial charge in [0.1, 0.15) is 0 Å². The zero-order chi connectivity index (χ0) is 8.55. The standard InChI is InChI=1S/C9H15BBr2/c11-6-9-2-7-1-8(3-9)5-10(12)4-7/h7-9H,1-6H2. The van der Waals surface area contributed by atoms with Gasteiger partial charge in [0.05, 0.1) is 0 Å². The van der Waals surface area contributed by atoms with Gasteiger partial charge in [-0.2, -0.15) is 15.8 Å². The zero-order valence-electron chi connectivity index (χ0n) is 7.31. The van der Waals surface area contributed by atoms with Crippen molar-refractivity contribution >= 4 is 37.2 Å². The average Bonchev–Trinajstić information content (AvgIpc) is 2.02. The van der Waals surface area contributed by atoms with E-state index in [1.54, 1.807) is 0 Å². The van der Waals surface area contributed by atoms with Crippen molar-refractivity contribution in [1.29, 1.82) is 0 Å². The summed E-state index contributed by atoms with van der Waals surface area (Å²) in [5.41, 5.74) is 0.831. The van der Waals surface area contributed by atoms with Gasteiger partial charge in [0.15, 0.2) is 0 Å². The molecule has 1 aliphatic carbocycles. The molecule has 1 saturated heterocycles. The SMILES string of the molecule is BrCC1CC2CB(Br)CC(C1)C2. The highest BCUT2D eigenvalue weighted by Crippen LogP contribution is 2.44. The second-order valence-electron chi connectivity index (χ2n) is 4.53. The van der Waals surface area contributed by atoms with Gasteiger partial charge in [-0.15, -0.1) is 0 Å². The Morgan fingerprint density at radius 3 is 2.17 bits per heavy atom. The van der Waals surface area contributed by atoms with E-state index in [9.17, 15) is 0 Å². The summed E-state index contributed by atoms with van der Waals surface area (Å²) < 4.78 is 0. The molecule has 1 aliphatic heterocycles. The number of hydrogen-bond donors (Lipinski definition) is 0. The minimum absolute atomic E-state index is 0.831. The predicted molar refractivity (Wildman–Crippen MR) is 62.4 cm³/mol. The molecule has 0 amide bonds. The first-order valence-corrected chi connectivity index (χ1v) is 7.01. The summed E-state index contributed by atoms with van der Waals surface area (Å²) in [5.74, 6) is 3.04. The van der Waals surface area contributed by atoms with Crippen LogP contribution in [0.5, 0.6) is 0 Å². The van der Waals surface area contributed by atoms with Gasteiger partial charge in [0, 0.05) is 5.33 Å². The molecular weight excluding hydrogens is 279 g/mol. The second kappa shape index (κ2) is 4.04. The van der Waals surface area contributed by atoms with E-state index in [-0.39, 0.29) is 0 Å². The van der Waals surface area contributed by atoms with E-state index in [2.05, 4.69) is 31.7 Å². The molecule has 2 atom stereocenters. The van der Waals surface area contributed by atoms with Crippen LogP contribution in [0.4, 0.5) is 0 Å². The third kappa shape index (κ3) is 2.09. The van der Waals surface area contributed by atoms with Crippen molar-refractivity contribution in [3.05, 3.63) is 0 Å². The highest BCUT2D eigenvalue weighted by atomic mass is 79.9. The fourth-order valence-electron chi connectivity index (χ4n) is 3.03. The van der Waals surface area contributed by atoms with Crippen LogP contribution in [0.3, 0.4) is 0 Å². The number of alkyl halides is 1. The Bertz CT molecular complexity index is 145. The molecule has 0 spiro atoms. The van der Waals surface area contributed by atoms with E-state index < -0.39 is 0 Å². The topological polar surface area (TPSA) is 0 Å². The van der Waals surface area contributed by atoms with Crippen molar-refractivity contribution in [2.24, 2.45) is 17.8 Å². The van der Waals surface area contributed by atoms with E-state index in [1.807, 2.05) is 0 Å². The first kappa shape index (κ1) is 9.58. The Morgan fingerprint density at radius 1 is 1.08 bits per heavy atom. The molecule has 2 aliphatic rings. The van der Waals surface area contributed by atoms with Gasteiger partial charge < -0.3 is 0 Å². The monoisotopic (exact) mass is 292 g/mol. The molecule has 2 unspecified atom stereocenters. The lowest BCUT2D eigenvalue weighted by atomic mass is 9.51. The van der Waals surface area contributed by atoms with Crippen LogP contribution in [0.15, 0.2) is 0 Å². The van der Waals surface area contributed by atoms with Crippen LogP contribution in [0.1, 0.15) is 19.3 Å². The van der Waals surface area contributed by atoms with E-state index in [1.165, 1.54) is 37.2 Å². The minimum atomic E-state index is 0.831. The summed E-state index contributed by atoms with van der Waals surface area (Å²) in [6.45, 7) is 0. The van der Waals surface area contributed by atoms with Crippen molar-refractivity contribution in [2.75, 3.05) is 5.33 Å². The molecule has 2 rings (SSSR count). The van der Waals surface area contributed by atoms with Gasteiger partial charge in [-0.25, -0.2) is 0 Å². The quantitative estimate of drug-likeness (QED) is 0.509. The first-order chi connectivity index (χ1) is 5.78. The Hall–Kier alpha value is 1.02. The summed E-state index contributed by atoms with van der Waals surface area (Å²) in [6, 6.07) is 0. The highest BCUT2D eigenvalue weighted by molar-refractivity contribution is 9.24. The fraction of sp³-hybridized carbons (Fsp3) is 1.00. The van der Waals surface area contributed by atoms with Crippen molar-refractivity contribution in [1.82, 2.24) is 0 Å². The number of fused-ring (bicyclic) bond motifs is 2. The molecule has 0 radical (unpaired) electrons. The van der Waals surface area contributed by atoms with E-state index in [0.717, 1.165) is 23.3 Å². The largest absolute Gasteiger partial charge is 0.223 e. The van der Waals surface area contributed by atoms with Crippen LogP contribution in [-0.2, 0) is 0 Å². The van der Waals surface area contributed by atoms with E-state index in [4.69, 9.17) is 0 Å². The normalized spacial score (nSPS) is 41.5. The molecule has 2 fully saturated rings. The van der Waals surface area contributed by atoms with Crippen LogP contribution < -0.4 is 0 Å². The van der Waals surface area contributed by atoms with Gasteiger partial charge in [-0.05, 0) is 37.0 Å². The van der Waals surface area contributed by atoms with Gasteiger partial charge >= 0.3 is 0 Å². The summed E-state index contributed by atoms with van der Waals surface area (Å²) in [4.78, 5) is 0. The van der Waals surface area contributed by atoms with Gasteiger partial charge in [-0.1, -0.05) is 28.6 Å². The minimum Gasteiger partial charge on any atom is -0.157 e. The predicted octanol–water partition coefficient (Wildman–Crippen LogP) is 3.81. The molecule has 0 N–H and O–H groups in total. The maximum absolute atomic E-state index is 3.77. The number of hydrogen-bond acceptors (Lipinski definition) is 0. The van der Waals surface area contributed by atoms with E-state index in [0.29, 0.717) is 0 Å². The molecule has 0 aromatic carbocycles. The first-order valence-electron chi connectivity index (χ1n) is 4.98. The maximum Gasteiger partial charge on any atom is 0.223 e. The summed E-state index contributed by atoms with van der Waals surface area (Å²) in [5, 5.41) is 1.23. The molecular formula is C9H15BBr2. The van der Waals surface area contributed by atoms with Crippen LogP contribution >= 0.6 is 31.7 Å². The third-order valence-electron chi connectivity index (χ3n) is 3.40. The molecule has 3 heteroatoms. The number of halogens is 2. The fourth-order valence-corrected chi connectivity index (χ4v) is 4.62. The Labute approximate surface area is 92.0 Å². The molecule has 2 bridgehead atoms. The highest BCUT2D eigenvalue weighted by Gasteiger charge is 2.35. The Kier molecular flexibility index (Phi) is 3.22. The molecule has 12 heavy (non-hydrogen) atoms. The summed E-state index contributed by atoms with van der Waals surface area (Å²) >= 11 is 7.40. The van der Waals surface area contributed by atoms with Crippen molar-refractivity contribution < 1.29 is 0 Å². The third-order valence-corrected chi connectivity index (χ3v) is 5.06. The van der Waals surface area contributed by atoms with Crippen LogP contribution in [0.25, 0.3) is 0 Å². The Balaban J connectivity index is 1.96. The Morgan fingerprint density at radius 2 is 1.67 bits per heavy atom. The van der Waals surface area contributed by atoms with Gasteiger partial charge in [-0.3, -0.25) is 0 Å². The lowest BCUT2D eigenvalue weighted by Gasteiger charge is -2.39. The van der Waals surface area contributed by atoms with Crippen molar-refractivity contribution in [2.45, 2.75) is 31.9 Å². The van der Waals surface area contributed by atoms with Crippen molar-refractivity contribution in [3.8, 4) is 0 Å². The second-order valence-corrected chi connectivity index (χ2v) is 6.47. The molecule has 0 aromatic heterocycles. The molecule has 1 heterocycles. The zero-order valence-corrected chi connectivity index (χ0v) is 10.5. The van der Waals surface area contributed by atoms with Crippen molar-refractivity contribution in [3.63, 3.8) is 0 Å². The van der Waals surface area contributed by atoms with Crippen LogP contribution in [0.2, 0.25) is 12.6 Å².